The summed E-state index contributed by atoms with van der Waals surface area (Å²) in [5.74, 6) is -2.23. The first-order valence-electron chi connectivity index (χ1n) is 9.32. The molecule has 158 valence electrons. The molecule has 1 aliphatic heterocycles. The number of benzene rings is 2. The predicted octanol–water partition coefficient (Wildman–Crippen LogP) is 1.22. The average Bonchev–Trinajstić information content (AvgIpc) is 2.99. The molecule has 3 atom stereocenters. The van der Waals surface area contributed by atoms with Crippen LogP contribution in [0.15, 0.2) is 60.7 Å². The topological polar surface area (TPSA) is 111 Å². The summed E-state index contributed by atoms with van der Waals surface area (Å²) in [6, 6.07) is 17.2. The van der Waals surface area contributed by atoms with E-state index in [0.29, 0.717) is 0 Å². The minimum Gasteiger partial charge on any atom is -0.462 e. The van der Waals surface area contributed by atoms with Crippen molar-refractivity contribution in [3.8, 4) is 0 Å². The summed E-state index contributed by atoms with van der Waals surface area (Å²) < 4.78 is 16.3. The Bertz CT molecular complexity index is 918. The number of rotatable bonds is 8. The molecule has 0 spiro atoms. The average molecular weight is 413 g/mol. The molecule has 1 amide bonds. The fourth-order valence-electron chi connectivity index (χ4n) is 3.39. The van der Waals surface area contributed by atoms with Gasteiger partial charge in [-0.05, 0) is 5.56 Å². The molecule has 0 aromatic heterocycles. The van der Waals surface area contributed by atoms with E-state index in [4.69, 9.17) is 14.2 Å². The monoisotopic (exact) mass is 413 g/mol. The second-order valence-corrected chi connectivity index (χ2v) is 6.97. The summed E-state index contributed by atoms with van der Waals surface area (Å²) in [7, 11) is 1.23. The van der Waals surface area contributed by atoms with E-state index < -0.39 is 41.7 Å². The van der Waals surface area contributed by atoms with E-state index in [1.807, 2.05) is 6.07 Å². The number of amides is 1. The number of hydrogen-bond donors (Lipinski definition) is 2. The maximum Gasteiger partial charge on any atom is 0.302 e. The molecule has 8 nitrogen and oxygen atoms in total. The highest BCUT2D eigenvalue weighted by molar-refractivity contribution is 6.08. The number of Topliss-reactive ketones (excluding diaryl/α,β-unsaturated/α-hetero) is 1. The van der Waals surface area contributed by atoms with Crippen LogP contribution in [0.1, 0.15) is 22.8 Å². The van der Waals surface area contributed by atoms with Crippen LogP contribution in [0.4, 0.5) is 0 Å². The van der Waals surface area contributed by atoms with Gasteiger partial charge in [-0.1, -0.05) is 60.7 Å². The molecule has 1 heterocycles. The van der Waals surface area contributed by atoms with Gasteiger partial charge in [-0.3, -0.25) is 14.4 Å². The maximum absolute atomic E-state index is 13.4. The number of esters is 1. The minimum atomic E-state index is -2.33. The number of ketones is 1. The van der Waals surface area contributed by atoms with Gasteiger partial charge in [0.1, 0.15) is 6.61 Å². The van der Waals surface area contributed by atoms with Crippen LogP contribution >= 0.6 is 0 Å². The Hall–Kier alpha value is -3.07. The van der Waals surface area contributed by atoms with Crippen molar-refractivity contribution < 1.29 is 33.7 Å². The third-order valence-electron chi connectivity index (χ3n) is 4.95. The number of nitrogens with one attached hydrogen (secondary N) is 1. The van der Waals surface area contributed by atoms with Crippen LogP contribution in [0.25, 0.3) is 0 Å². The molecule has 0 bridgehead atoms. The van der Waals surface area contributed by atoms with Gasteiger partial charge >= 0.3 is 5.97 Å². The van der Waals surface area contributed by atoms with E-state index in [1.54, 1.807) is 54.6 Å². The van der Waals surface area contributed by atoms with Crippen molar-refractivity contribution in [3.63, 3.8) is 0 Å². The molecule has 30 heavy (non-hydrogen) atoms. The summed E-state index contributed by atoms with van der Waals surface area (Å²) in [5.41, 5.74) is -3.34. The quantitative estimate of drug-likeness (QED) is 0.494. The number of carbonyl (C=O) groups is 3. The van der Waals surface area contributed by atoms with Crippen molar-refractivity contribution in [1.29, 1.82) is 0 Å². The highest BCUT2D eigenvalue weighted by atomic mass is 16.6. The van der Waals surface area contributed by atoms with Crippen molar-refractivity contribution in [1.82, 2.24) is 5.32 Å². The zero-order valence-corrected chi connectivity index (χ0v) is 16.7. The first-order valence-corrected chi connectivity index (χ1v) is 9.32. The Balaban J connectivity index is 2.01. The Morgan fingerprint density at radius 1 is 1.07 bits per heavy atom. The minimum absolute atomic E-state index is 0.0178. The number of carbonyl (C=O) groups excluding carboxylic acids is 3. The van der Waals surface area contributed by atoms with E-state index >= 15 is 0 Å². The third kappa shape index (κ3) is 3.97. The lowest BCUT2D eigenvalue weighted by atomic mass is 9.89. The van der Waals surface area contributed by atoms with Crippen molar-refractivity contribution in [2.24, 2.45) is 0 Å². The number of ether oxygens (including phenoxy) is 3. The number of hydrogen-bond acceptors (Lipinski definition) is 7. The van der Waals surface area contributed by atoms with Gasteiger partial charge < -0.3 is 24.6 Å². The third-order valence-corrected chi connectivity index (χ3v) is 4.95. The van der Waals surface area contributed by atoms with Crippen LogP contribution in [0.2, 0.25) is 0 Å². The molecule has 0 aliphatic carbocycles. The lowest BCUT2D eigenvalue weighted by molar-refractivity contribution is -0.185. The molecule has 8 heteroatoms. The van der Waals surface area contributed by atoms with Crippen molar-refractivity contribution in [3.05, 3.63) is 71.8 Å². The molecule has 3 rings (SSSR count). The molecule has 2 aromatic rings. The van der Waals surface area contributed by atoms with Crippen LogP contribution < -0.4 is 5.32 Å². The number of methoxy groups -OCH3 is 1. The lowest BCUT2D eigenvalue weighted by Crippen LogP contribution is -2.61. The Kier molecular flexibility index (Phi) is 6.31. The van der Waals surface area contributed by atoms with E-state index in [2.05, 4.69) is 5.32 Å². The second kappa shape index (κ2) is 8.74. The van der Waals surface area contributed by atoms with Crippen molar-refractivity contribution >= 4 is 17.7 Å². The summed E-state index contributed by atoms with van der Waals surface area (Å²) in [4.78, 5) is 37.4. The molecule has 1 fully saturated rings. The van der Waals surface area contributed by atoms with Crippen LogP contribution in [0.5, 0.6) is 0 Å². The Morgan fingerprint density at radius 2 is 1.67 bits per heavy atom. The lowest BCUT2D eigenvalue weighted by Gasteiger charge is -2.35. The summed E-state index contributed by atoms with van der Waals surface area (Å²) >= 11 is 0. The van der Waals surface area contributed by atoms with Gasteiger partial charge in [0.25, 0.3) is 5.91 Å². The summed E-state index contributed by atoms with van der Waals surface area (Å²) in [6.07, 6.45) is -1.49. The van der Waals surface area contributed by atoms with Gasteiger partial charge in [0.05, 0.1) is 6.61 Å². The van der Waals surface area contributed by atoms with Gasteiger partial charge in [0.15, 0.2) is 6.10 Å². The van der Waals surface area contributed by atoms with Crippen LogP contribution in [-0.4, -0.2) is 53.9 Å². The van der Waals surface area contributed by atoms with E-state index in [0.717, 1.165) is 12.5 Å². The van der Waals surface area contributed by atoms with Gasteiger partial charge in [0, 0.05) is 19.6 Å². The zero-order chi connectivity index (χ0) is 21.8. The molecule has 0 saturated carbocycles. The van der Waals surface area contributed by atoms with E-state index in [1.165, 1.54) is 7.11 Å². The van der Waals surface area contributed by atoms with Crippen molar-refractivity contribution in [2.75, 3.05) is 13.7 Å². The molecule has 1 saturated heterocycles. The van der Waals surface area contributed by atoms with Crippen LogP contribution in [-0.2, 0) is 30.4 Å². The molecule has 2 aromatic carbocycles. The summed E-state index contributed by atoms with van der Waals surface area (Å²) in [6.45, 7) is 0.436. The van der Waals surface area contributed by atoms with Gasteiger partial charge in [-0.2, -0.15) is 0 Å². The first-order chi connectivity index (χ1) is 14.3. The molecule has 1 aliphatic rings. The Labute approximate surface area is 173 Å². The highest BCUT2D eigenvalue weighted by Gasteiger charge is 2.68. The fraction of sp³-hybridized carbons (Fsp3) is 0.318. The standard InChI is InChI=1S/C22H23NO7/c1-15(24)30-14-21(27)19(29-13-16-9-5-3-6-10-16)22(28-2,23-20(21)26)18(25)17-11-7-4-8-12-17/h3-12,19,27H,13-14H2,1-2H3,(H,23,26)/t19?,21-,22-/m1/s1. The first kappa shape index (κ1) is 21.6. The normalized spacial score (nSPS) is 25.6. The van der Waals surface area contributed by atoms with E-state index in [9.17, 15) is 19.5 Å². The van der Waals surface area contributed by atoms with Gasteiger partial charge in [-0.25, -0.2) is 0 Å². The molecule has 2 N–H and O–H groups in total. The predicted molar refractivity (Wildman–Crippen MR) is 105 cm³/mol. The molecular weight excluding hydrogens is 390 g/mol. The van der Waals surface area contributed by atoms with Crippen LogP contribution in [0.3, 0.4) is 0 Å². The SMILES string of the molecule is CO[C@@]1(C(=O)c2ccccc2)NC(=O)[C@@](O)(COC(C)=O)C1OCc1ccccc1. The fourth-order valence-corrected chi connectivity index (χ4v) is 3.39. The molecule has 1 unspecified atom stereocenters. The van der Waals surface area contributed by atoms with Crippen LogP contribution in [0, 0.1) is 0 Å². The maximum atomic E-state index is 13.4. The smallest absolute Gasteiger partial charge is 0.302 e. The van der Waals surface area contributed by atoms with Gasteiger partial charge in [-0.15, -0.1) is 0 Å². The highest BCUT2D eigenvalue weighted by Crippen LogP contribution is 2.36. The van der Waals surface area contributed by atoms with Gasteiger partial charge in [0.2, 0.25) is 17.1 Å². The van der Waals surface area contributed by atoms with E-state index in [-0.39, 0.29) is 12.2 Å². The number of aliphatic hydroxyl groups is 1. The summed E-state index contributed by atoms with van der Waals surface area (Å²) in [5, 5.41) is 13.6. The molecular formula is C22H23NO7. The Morgan fingerprint density at radius 3 is 2.23 bits per heavy atom. The molecule has 0 radical (unpaired) electrons. The second-order valence-electron chi connectivity index (χ2n) is 6.97. The largest absolute Gasteiger partial charge is 0.462 e. The zero-order valence-electron chi connectivity index (χ0n) is 16.7. The van der Waals surface area contributed by atoms with Crippen molar-refractivity contribution in [2.45, 2.75) is 31.0 Å².